The molecular weight excluding hydrogens is 414 g/mol. The van der Waals surface area contributed by atoms with Gasteiger partial charge in [-0.15, -0.1) is 0 Å². The third kappa shape index (κ3) is 4.75. The highest BCUT2D eigenvalue weighted by Crippen LogP contribution is 2.40. The highest BCUT2D eigenvalue weighted by atomic mass is 19.3. The molecule has 0 spiro atoms. The molecule has 4 rings (SSSR count). The Morgan fingerprint density at radius 2 is 1.94 bits per heavy atom. The van der Waals surface area contributed by atoms with Gasteiger partial charge in [0.05, 0.1) is 12.0 Å². The van der Waals surface area contributed by atoms with Gasteiger partial charge in [-0.2, -0.15) is 0 Å². The van der Waals surface area contributed by atoms with Gasteiger partial charge in [0.25, 0.3) is 5.92 Å². The number of aromatic amines is 1. The van der Waals surface area contributed by atoms with Crippen molar-refractivity contribution >= 4 is 11.7 Å². The molecule has 0 saturated carbocycles. The number of H-pyrrole nitrogens is 1. The van der Waals surface area contributed by atoms with Crippen molar-refractivity contribution in [2.45, 2.75) is 31.2 Å². The van der Waals surface area contributed by atoms with Crippen molar-refractivity contribution in [2.24, 2.45) is 0 Å². The summed E-state index contributed by atoms with van der Waals surface area (Å²) in [5.74, 6) is -3.93. The molecular formula is C24H24F2N4O2. The zero-order valence-corrected chi connectivity index (χ0v) is 17.6. The van der Waals surface area contributed by atoms with Crippen LogP contribution in [0.3, 0.4) is 0 Å². The van der Waals surface area contributed by atoms with E-state index in [0.717, 1.165) is 11.1 Å². The van der Waals surface area contributed by atoms with E-state index < -0.39 is 17.9 Å². The molecule has 8 heteroatoms. The Bertz CT molecular complexity index is 1110. The number of pyridine rings is 2. The average Bonchev–Trinajstić information content (AvgIpc) is 2.80. The normalized spacial score (nSPS) is 19.3. The molecule has 3 heterocycles. The van der Waals surface area contributed by atoms with Gasteiger partial charge in [0.15, 0.2) is 0 Å². The van der Waals surface area contributed by atoms with Crippen LogP contribution in [0.5, 0.6) is 0 Å². The Balaban J connectivity index is 1.43. The summed E-state index contributed by atoms with van der Waals surface area (Å²) in [7, 11) is 0. The van der Waals surface area contributed by atoms with E-state index in [9.17, 15) is 18.4 Å². The van der Waals surface area contributed by atoms with Gasteiger partial charge in [0.2, 0.25) is 11.5 Å². The van der Waals surface area contributed by atoms with Gasteiger partial charge in [-0.05, 0) is 30.2 Å². The number of likely N-dealkylation sites (tertiary alicyclic amines) is 1. The van der Waals surface area contributed by atoms with Gasteiger partial charge in [-0.1, -0.05) is 36.4 Å². The molecule has 0 radical (unpaired) electrons. The Kier molecular flexibility index (Phi) is 6.14. The molecule has 32 heavy (non-hydrogen) atoms. The first-order valence-electron chi connectivity index (χ1n) is 10.5. The molecule has 1 aromatic carbocycles. The molecule has 166 valence electrons. The minimum absolute atomic E-state index is 0.00794. The number of hydrogen-bond donors (Lipinski definition) is 2. The lowest BCUT2D eigenvalue weighted by Crippen LogP contribution is -2.52. The van der Waals surface area contributed by atoms with Gasteiger partial charge >= 0.3 is 0 Å². The number of piperidine rings is 1. The van der Waals surface area contributed by atoms with Crippen molar-refractivity contribution in [2.75, 3.05) is 18.4 Å². The molecule has 2 aromatic heterocycles. The third-order valence-corrected chi connectivity index (χ3v) is 5.92. The first-order chi connectivity index (χ1) is 15.3. The predicted molar refractivity (Wildman–Crippen MR) is 119 cm³/mol. The smallest absolute Gasteiger partial charge is 0.257 e. The number of carbonyl (C=O) groups is 1. The Labute approximate surface area is 184 Å². The van der Waals surface area contributed by atoms with Crippen LogP contribution in [0.25, 0.3) is 11.1 Å². The van der Waals surface area contributed by atoms with E-state index in [-0.39, 0.29) is 31.0 Å². The van der Waals surface area contributed by atoms with E-state index in [1.807, 2.05) is 36.4 Å². The number of amides is 1. The maximum Gasteiger partial charge on any atom is 0.257 e. The fraction of sp³-hybridized carbons (Fsp3) is 0.292. The quantitative estimate of drug-likeness (QED) is 0.634. The molecule has 2 atom stereocenters. The van der Waals surface area contributed by atoms with E-state index >= 15 is 0 Å². The molecule has 0 bridgehead atoms. The lowest BCUT2D eigenvalue weighted by Gasteiger charge is -2.40. The molecule has 3 aromatic rings. The van der Waals surface area contributed by atoms with E-state index in [2.05, 4.69) is 15.3 Å². The van der Waals surface area contributed by atoms with Crippen molar-refractivity contribution in [3.8, 4) is 11.1 Å². The lowest BCUT2D eigenvalue weighted by molar-refractivity contribution is -0.125. The largest absolute Gasteiger partial charge is 0.329 e. The van der Waals surface area contributed by atoms with Gasteiger partial charge < -0.3 is 10.3 Å². The highest BCUT2D eigenvalue weighted by molar-refractivity contribution is 5.93. The van der Waals surface area contributed by atoms with Crippen LogP contribution in [0.1, 0.15) is 24.8 Å². The number of hydrogen-bond acceptors (Lipinski definition) is 4. The second-order valence-electron chi connectivity index (χ2n) is 8.01. The number of nitrogens with one attached hydrogen (secondary N) is 2. The molecule has 1 saturated heterocycles. The number of benzene rings is 1. The van der Waals surface area contributed by atoms with Gasteiger partial charge in [-0.25, -0.2) is 13.8 Å². The Hall–Kier alpha value is -3.39. The maximum absolute atomic E-state index is 14.6. The standard InChI is InChI=1S/C24H24F2N4O2/c1-16(23(32)29-21-9-7-18(13-27-21)17-5-3-2-4-6-17)30-12-11-24(25,26)20(15-30)19-8-10-22(31)28-14-19/h2-10,13-14,16,20H,11-12,15H2,1H3,(H,28,31)(H,27,29,32)/t16?,20-/m1/s1. The average molecular weight is 438 g/mol. The van der Waals surface area contributed by atoms with Crippen LogP contribution < -0.4 is 10.9 Å². The van der Waals surface area contributed by atoms with Crippen LogP contribution in [-0.2, 0) is 4.79 Å². The molecule has 1 unspecified atom stereocenters. The summed E-state index contributed by atoms with van der Waals surface area (Å²) >= 11 is 0. The van der Waals surface area contributed by atoms with Crippen LogP contribution in [0.4, 0.5) is 14.6 Å². The summed E-state index contributed by atoms with van der Waals surface area (Å²) in [6.45, 7) is 1.80. The van der Waals surface area contributed by atoms with Crippen molar-refractivity contribution in [3.63, 3.8) is 0 Å². The first-order valence-corrected chi connectivity index (χ1v) is 10.5. The summed E-state index contributed by atoms with van der Waals surface area (Å²) in [6, 6.07) is 15.4. The highest BCUT2D eigenvalue weighted by Gasteiger charge is 2.46. The van der Waals surface area contributed by atoms with Crippen molar-refractivity contribution in [3.05, 3.63) is 82.9 Å². The monoisotopic (exact) mass is 438 g/mol. The third-order valence-electron chi connectivity index (χ3n) is 5.92. The predicted octanol–water partition coefficient (Wildman–Crippen LogP) is 3.89. The van der Waals surface area contributed by atoms with E-state index in [1.54, 1.807) is 24.1 Å². The second-order valence-corrected chi connectivity index (χ2v) is 8.01. The van der Waals surface area contributed by atoms with Crippen LogP contribution in [0.2, 0.25) is 0 Å². The minimum Gasteiger partial charge on any atom is -0.329 e. The van der Waals surface area contributed by atoms with Crippen molar-refractivity contribution < 1.29 is 13.6 Å². The number of halogens is 2. The Morgan fingerprint density at radius 3 is 2.59 bits per heavy atom. The molecule has 1 fully saturated rings. The maximum atomic E-state index is 14.6. The summed E-state index contributed by atoms with van der Waals surface area (Å²) in [6.07, 6.45) is 2.65. The summed E-state index contributed by atoms with van der Waals surface area (Å²) in [5.41, 5.74) is 1.96. The number of rotatable bonds is 5. The summed E-state index contributed by atoms with van der Waals surface area (Å²) < 4.78 is 29.2. The molecule has 1 aliphatic heterocycles. The molecule has 0 aliphatic carbocycles. The second kappa shape index (κ2) is 9.00. The lowest BCUT2D eigenvalue weighted by atomic mass is 9.87. The Morgan fingerprint density at radius 1 is 1.16 bits per heavy atom. The molecule has 1 amide bonds. The van der Waals surface area contributed by atoms with Crippen LogP contribution in [0, 0.1) is 0 Å². The van der Waals surface area contributed by atoms with Crippen molar-refractivity contribution in [1.29, 1.82) is 0 Å². The number of nitrogens with zero attached hydrogens (tertiary/aromatic N) is 2. The number of anilines is 1. The van der Waals surface area contributed by atoms with E-state index in [1.165, 1.54) is 18.3 Å². The fourth-order valence-electron chi connectivity index (χ4n) is 3.93. The van der Waals surface area contributed by atoms with Gasteiger partial charge in [0, 0.05) is 43.5 Å². The fourth-order valence-corrected chi connectivity index (χ4v) is 3.93. The first kappa shape index (κ1) is 21.8. The molecule has 1 aliphatic rings. The molecule has 6 nitrogen and oxygen atoms in total. The summed E-state index contributed by atoms with van der Waals surface area (Å²) in [4.78, 5) is 32.6. The number of alkyl halides is 2. The van der Waals surface area contributed by atoms with Crippen LogP contribution >= 0.6 is 0 Å². The zero-order chi connectivity index (χ0) is 22.7. The minimum atomic E-state index is -2.92. The van der Waals surface area contributed by atoms with Crippen LogP contribution in [-0.4, -0.2) is 45.8 Å². The van der Waals surface area contributed by atoms with Crippen molar-refractivity contribution in [1.82, 2.24) is 14.9 Å². The van der Waals surface area contributed by atoms with Gasteiger partial charge in [0.1, 0.15) is 5.82 Å². The van der Waals surface area contributed by atoms with Gasteiger partial charge in [-0.3, -0.25) is 14.5 Å². The number of aromatic nitrogens is 2. The van der Waals surface area contributed by atoms with E-state index in [4.69, 9.17) is 0 Å². The number of carbonyl (C=O) groups excluding carboxylic acids is 1. The SMILES string of the molecule is CC(C(=O)Nc1ccc(-c2ccccc2)cn1)N1CCC(F)(F)[C@@H](c2ccc(=O)[nH]c2)C1. The zero-order valence-electron chi connectivity index (χ0n) is 17.6. The topological polar surface area (TPSA) is 78.1 Å². The summed E-state index contributed by atoms with van der Waals surface area (Å²) in [5, 5.41) is 2.77. The van der Waals surface area contributed by atoms with E-state index in [0.29, 0.717) is 11.4 Å². The van der Waals surface area contributed by atoms with Crippen LogP contribution in [0.15, 0.2) is 71.8 Å². The molecule has 2 N–H and O–H groups in total.